The van der Waals surface area contributed by atoms with Crippen LogP contribution in [0.4, 0.5) is 0 Å². The van der Waals surface area contributed by atoms with Crippen LogP contribution >= 0.6 is 0 Å². The van der Waals surface area contributed by atoms with E-state index < -0.39 is 6.61 Å². The van der Waals surface area contributed by atoms with Gasteiger partial charge in [0.15, 0.2) is 5.78 Å². The van der Waals surface area contributed by atoms with Gasteiger partial charge in [0.25, 0.3) is 0 Å². The molecular weight excluding hydrogens is 266 g/mol. The minimum Gasteiger partial charge on any atom is -0.487 e. The van der Waals surface area contributed by atoms with Crippen molar-refractivity contribution in [1.29, 1.82) is 0 Å². The molecule has 1 aromatic carbocycles. The van der Waals surface area contributed by atoms with Gasteiger partial charge in [0.1, 0.15) is 19.0 Å². The number of Topliss-reactive ketones (excluding diaryl/α,β-unsaturated/α-hetero) is 1. The number of pyridine rings is 1. The summed E-state index contributed by atoms with van der Waals surface area (Å²) < 4.78 is 5.67. The van der Waals surface area contributed by atoms with Crippen LogP contribution in [0.2, 0.25) is 0 Å². The molecule has 0 atom stereocenters. The number of aliphatic hydroxyl groups is 1. The van der Waals surface area contributed by atoms with E-state index in [4.69, 9.17) is 9.84 Å². The van der Waals surface area contributed by atoms with Gasteiger partial charge in [-0.1, -0.05) is 44.2 Å². The Bertz CT molecular complexity index is 541. The van der Waals surface area contributed by atoms with Crippen molar-refractivity contribution in [2.45, 2.75) is 26.9 Å². The second-order valence-corrected chi connectivity index (χ2v) is 4.10. The molecule has 0 bridgehead atoms. The Kier molecular flexibility index (Phi) is 7.76. The second-order valence-electron chi connectivity index (χ2n) is 4.10. The van der Waals surface area contributed by atoms with Gasteiger partial charge < -0.3 is 9.84 Å². The first-order valence-electron chi connectivity index (χ1n) is 7.03. The Hall–Kier alpha value is -2.20. The molecule has 0 aliphatic heterocycles. The highest BCUT2D eigenvalue weighted by atomic mass is 16.5. The SMILES string of the molecule is CC.O=C(CO)Cc1ncccc1OCc1ccccc1. The average Bonchev–Trinajstić information content (AvgIpc) is 2.56. The van der Waals surface area contributed by atoms with Crippen LogP contribution < -0.4 is 4.74 Å². The third kappa shape index (κ3) is 5.75. The summed E-state index contributed by atoms with van der Waals surface area (Å²) in [7, 11) is 0. The van der Waals surface area contributed by atoms with E-state index in [-0.39, 0.29) is 12.2 Å². The molecule has 2 aromatic rings. The average molecular weight is 287 g/mol. The Morgan fingerprint density at radius 2 is 1.86 bits per heavy atom. The number of hydrogen-bond acceptors (Lipinski definition) is 4. The highest BCUT2D eigenvalue weighted by molar-refractivity contribution is 5.81. The lowest BCUT2D eigenvalue weighted by Gasteiger charge is -2.09. The van der Waals surface area contributed by atoms with E-state index in [2.05, 4.69) is 4.98 Å². The minimum absolute atomic E-state index is 0.0848. The van der Waals surface area contributed by atoms with Crippen LogP contribution in [0.3, 0.4) is 0 Å². The molecular formula is C17H21NO3. The first-order valence-corrected chi connectivity index (χ1v) is 7.03. The fourth-order valence-corrected chi connectivity index (χ4v) is 1.67. The van der Waals surface area contributed by atoms with Crippen molar-refractivity contribution in [3.63, 3.8) is 0 Å². The maximum Gasteiger partial charge on any atom is 0.164 e. The van der Waals surface area contributed by atoms with Crippen molar-refractivity contribution in [2.75, 3.05) is 6.61 Å². The topological polar surface area (TPSA) is 59.4 Å². The highest BCUT2D eigenvalue weighted by Gasteiger charge is 2.09. The predicted molar refractivity (Wildman–Crippen MR) is 82.2 cm³/mol. The van der Waals surface area contributed by atoms with Crippen LogP contribution in [0.5, 0.6) is 5.75 Å². The van der Waals surface area contributed by atoms with E-state index in [1.165, 1.54) is 0 Å². The lowest BCUT2D eigenvalue weighted by Crippen LogP contribution is -2.10. The monoisotopic (exact) mass is 287 g/mol. The normalized spacial score (nSPS) is 9.48. The fraction of sp³-hybridized carbons (Fsp3) is 0.294. The Morgan fingerprint density at radius 3 is 2.52 bits per heavy atom. The summed E-state index contributed by atoms with van der Waals surface area (Å²) in [6.45, 7) is 3.95. The van der Waals surface area contributed by atoms with Crippen molar-refractivity contribution >= 4 is 5.78 Å². The van der Waals surface area contributed by atoms with Crippen LogP contribution in [0.1, 0.15) is 25.1 Å². The number of ketones is 1. The number of aliphatic hydroxyl groups excluding tert-OH is 1. The third-order valence-electron chi connectivity index (χ3n) is 2.63. The quantitative estimate of drug-likeness (QED) is 0.887. The molecule has 0 saturated carbocycles. The minimum atomic E-state index is -0.477. The first-order chi connectivity index (χ1) is 10.3. The largest absolute Gasteiger partial charge is 0.487 e. The summed E-state index contributed by atoms with van der Waals surface area (Å²) in [5, 5.41) is 8.78. The molecule has 21 heavy (non-hydrogen) atoms. The molecule has 1 heterocycles. The predicted octanol–water partition coefficient (Wildman–Crippen LogP) is 2.79. The van der Waals surface area contributed by atoms with Gasteiger partial charge in [-0.05, 0) is 17.7 Å². The Labute approximate surface area is 125 Å². The van der Waals surface area contributed by atoms with Gasteiger partial charge in [-0.2, -0.15) is 0 Å². The second kappa shape index (κ2) is 9.66. The number of carbonyl (C=O) groups is 1. The maximum atomic E-state index is 11.3. The molecule has 1 N–H and O–H groups in total. The summed E-state index contributed by atoms with van der Waals surface area (Å²) in [4.78, 5) is 15.4. The lowest BCUT2D eigenvalue weighted by atomic mass is 10.2. The van der Waals surface area contributed by atoms with Crippen molar-refractivity contribution in [2.24, 2.45) is 0 Å². The van der Waals surface area contributed by atoms with Gasteiger partial charge in [-0.15, -0.1) is 0 Å². The van der Waals surface area contributed by atoms with Gasteiger partial charge in [-0.25, -0.2) is 0 Å². The number of rotatable bonds is 6. The number of ether oxygens (including phenoxy) is 1. The molecule has 0 unspecified atom stereocenters. The van der Waals surface area contributed by atoms with Crippen LogP contribution in [-0.4, -0.2) is 22.5 Å². The number of benzene rings is 1. The molecule has 2 rings (SSSR count). The molecule has 0 spiro atoms. The third-order valence-corrected chi connectivity index (χ3v) is 2.63. The molecule has 0 amide bonds. The van der Waals surface area contributed by atoms with E-state index in [9.17, 15) is 4.79 Å². The summed E-state index contributed by atoms with van der Waals surface area (Å²) in [6, 6.07) is 13.3. The zero-order valence-electron chi connectivity index (χ0n) is 12.5. The molecule has 0 fully saturated rings. The molecule has 0 radical (unpaired) electrons. The summed E-state index contributed by atoms with van der Waals surface area (Å²) in [5.74, 6) is 0.302. The smallest absolute Gasteiger partial charge is 0.164 e. The molecule has 112 valence electrons. The van der Waals surface area contributed by atoms with Gasteiger partial charge in [0.2, 0.25) is 0 Å². The summed E-state index contributed by atoms with van der Waals surface area (Å²) in [6.07, 6.45) is 1.69. The zero-order valence-corrected chi connectivity index (χ0v) is 12.5. The summed E-state index contributed by atoms with van der Waals surface area (Å²) >= 11 is 0. The van der Waals surface area contributed by atoms with E-state index in [0.29, 0.717) is 18.1 Å². The summed E-state index contributed by atoms with van der Waals surface area (Å²) in [5.41, 5.74) is 1.60. The van der Waals surface area contributed by atoms with Crippen molar-refractivity contribution in [3.05, 3.63) is 59.9 Å². The molecule has 4 nitrogen and oxygen atoms in total. The van der Waals surface area contributed by atoms with Crippen LogP contribution in [0.25, 0.3) is 0 Å². The lowest BCUT2D eigenvalue weighted by molar-refractivity contribution is -0.121. The molecule has 0 aliphatic rings. The van der Waals surface area contributed by atoms with Gasteiger partial charge in [0.05, 0.1) is 12.1 Å². The van der Waals surface area contributed by atoms with Gasteiger partial charge in [0, 0.05) is 6.20 Å². The highest BCUT2D eigenvalue weighted by Crippen LogP contribution is 2.17. The molecule has 0 aliphatic carbocycles. The van der Waals surface area contributed by atoms with Crippen molar-refractivity contribution < 1.29 is 14.6 Å². The molecule has 1 aromatic heterocycles. The van der Waals surface area contributed by atoms with Crippen LogP contribution in [0, 0.1) is 0 Å². The first kappa shape index (κ1) is 16.9. The van der Waals surface area contributed by atoms with Crippen molar-refractivity contribution in [3.8, 4) is 5.75 Å². The number of aromatic nitrogens is 1. The van der Waals surface area contributed by atoms with E-state index in [1.54, 1.807) is 18.3 Å². The van der Waals surface area contributed by atoms with Crippen LogP contribution in [-0.2, 0) is 17.8 Å². The van der Waals surface area contributed by atoms with Crippen LogP contribution in [0.15, 0.2) is 48.7 Å². The fourth-order valence-electron chi connectivity index (χ4n) is 1.67. The van der Waals surface area contributed by atoms with E-state index in [0.717, 1.165) is 5.56 Å². The maximum absolute atomic E-state index is 11.3. The molecule has 0 saturated heterocycles. The number of hydrogen-bond donors (Lipinski definition) is 1. The Balaban J connectivity index is 0.00000106. The standard InChI is InChI=1S/C15H15NO3.C2H6/c17-10-13(18)9-14-15(7-4-8-16-14)19-11-12-5-2-1-3-6-12;1-2/h1-8,17H,9-11H2;1-2H3. The number of carbonyl (C=O) groups excluding carboxylic acids is 1. The van der Waals surface area contributed by atoms with Crippen molar-refractivity contribution in [1.82, 2.24) is 4.98 Å². The van der Waals surface area contributed by atoms with E-state index in [1.807, 2.05) is 44.2 Å². The number of nitrogens with zero attached hydrogens (tertiary/aromatic N) is 1. The molecule has 4 heteroatoms. The van der Waals surface area contributed by atoms with E-state index >= 15 is 0 Å². The zero-order chi connectivity index (χ0) is 15.5. The van der Waals surface area contributed by atoms with Gasteiger partial charge >= 0.3 is 0 Å². The Morgan fingerprint density at radius 1 is 1.14 bits per heavy atom. The van der Waals surface area contributed by atoms with Gasteiger partial charge in [-0.3, -0.25) is 9.78 Å².